The van der Waals surface area contributed by atoms with E-state index in [4.69, 9.17) is 4.74 Å². The molecule has 1 saturated heterocycles. The monoisotopic (exact) mass is 160 g/mol. The minimum atomic E-state index is -0.983. The minimum absolute atomic E-state index is 0.0679. The summed E-state index contributed by atoms with van der Waals surface area (Å²) in [5, 5.41) is 18.6. The third-order valence-electron chi connectivity index (χ3n) is 2.31. The highest BCUT2D eigenvalue weighted by Gasteiger charge is 2.33. The van der Waals surface area contributed by atoms with Crippen LogP contribution in [0.15, 0.2) is 0 Å². The van der Waals surface area contributed by atoms with Crippen LogP contribution < -0.4 is 0 Å². The summed E-state index contributed by atoms with van der Waals surface area (Å²) in [7, 11) is 0. The standard InChI is InChI=1S/C8H16O3/c1-3-6-4-5(2)11-8(10)7(6)9/h5-10H,3-4H2,1-2H3/t5-,6?,7?,8-/m1/s1. The molecule has 3 heteroatoms. The number of aliphatic hydroxyl groups is 2. The molecular formula is C8H16O3. The molecule has 0 bridgehead atoms. The van der Waals surface area contributed by atoms with Crippen molar-refractivity contribution in [2.45, 2.75) is 45.2 Å². The van der Waals surface area contributed by atoms with Gasteiger partial charge in [0, 0.05) is 0 Å². The van der Waals surface area contributed by atoms with Crippen molar-refractivity contribution in [1.82, 2.24) is 0 Å². The lowest BCUT2D eigenvalue weighted by Gasteiger charge is -2.35. The average Bonchev–Trinajstić information content (AvgIpc) is 1.96. The van der Waals surface area contributed by atoms with Gasteiger partial charge in [-0.3, -0.25) is 0 Å². The van der Waals surface area contributed by atoms with E-state index >= 15 is 0 Å². The molecule has 0 aromatic heterocycles. The third kappa shape index (κ3) is 1.92. The van der Waals surface area contributed by atoms with Gasteiger partial charge in [-0.05, 0) is 19.3 Å². The molecule has 66 valence electrons. The molecule has 1 aliphatic heterocycles. The van der Waals surface area contributed by atoms with E-state index in [0.717, 1.165) is 12.8 Å². The summed E-state index contributed by atoms with van der Waals surface area (Å²) in [5.41, 5.74) is 0. The fourth-order valence-corrected chi connectivity index (χ4v) is 1.58. The van der Waals surface area contributed by atoms with Gasteiger partial charge in [0.05, 0.1) is 6.10 Å². The Labute approximate surface area is 67.0 Å². The van der Waals surface area contributed by atoms with Crippen LogP contribution >= 0.6 is 0 Å². The van der Waals surface area contributed by atoms with Crippen molar-refractivity contribution in [3.63, 3.8) is 0 Å². The van der Waals surface area contributed by atoms with Crippen LogP contribution in [0.25, 0.3) is 0 Å². The first-order valence-corrected chi connectivity index (χ1v) is 4.16. The molecule has 11 heavy (non-hydrogen) atoms. The Hall–Kier alpha value is -0.120. The number of hydrogen-bond donors (Lipinski definition) is 2. The first-order chi connectivity index (χ1) is 5.15. The number of rotatable bonds is 1. The molecule has 0 amide bonds. The number of aliphatic hydroxyl groups excluding tert-OH is 2. The predicted octanol–water partition coefficient (Wildman–Crippen LogP) is 0.501. The summed E-state index contributed by atoms with van der Waals surface area (Å²) in [6.07, 6.45) is 0.124. The van der Waals surface area contributed by atoms with Gasteiger partial charge in [0.2, 0.25) is 0 Å². The van der Waals surface area contributed by atoms with Crippen LogP contribution in [0.1, 0.15) is 26.7 Å². The van der Waals surface area contributed by atoms with Crippen molar-refractivity contribution in [1.29, 1.82) is 0 Å². The first kappa shape index (κ1) is 8.97. The van der Waals surface area contributed by atoms with Crippen LogP contribution in [0.5, 0.6) is 0 Å². The number of hydrogen-bond acceptors (Lipinski definition) is 3. The molecule has 4 atom stereocenters. The van der Waals surface area contributed by atoms with E-state index in [2.05, 4.69) is 0 Å². The molecule has 1 fully saturated rings. The minimum Gasteiger partial charge on any atom is -0.388 e. The Morgan fingerprint density at radius 3 is 2.64 bits per heavy atom. The van der Waals surface area contributed by atoms with Gasteiger partial charge < -0.3 is 14.9 Å². The van der Waals surface area contributed by atoms with Gasteiger partial charge in [-0.25, -0.2) is 0 Å². The van der Waals surface area contributed by atoms with E-state index in [0.29, 0.717) is 0 Å². The van der Waals surface area contributed by atoms with Gasteiger partial charge in [-0.2, -0.15) is 0 Å². The van der Waals surface area contributed by atoms with E-state index in [-0.39, 0.29) is 12.0 Å². The summed E-state index contributed by atoms with van der Waals surface area (Å²) < 4.78 is 5.04. The largest absolute Gasteiger partial charge is 0.388 e. The van der Waals surface area contributed by atoms with Gasteiger partial charge >= 0.3 is 0 Å². The zero-order valence-corrected chi connectivity index (χ0v) is 7.03. The molecule has 0 aromatic carbocycles. The molecule has 2 unspecified atom stereocenters. The van der Waals surface area contributed by atoms with Crippen LogP contribution in [0.4, 0.5) is 0 Å². The number of ether oxygens (including phenoxy) is 1. The third-order valence-corrected chi connectivity index (χ3v) is 2.31. The topological polar surface area (TPSA) is 49.7 Å². The second-order valence-electron chi connectivity index (χ2n) is 3.23. The van der Waals surface area contributed by atoms with Crippen LogP contribution in [-0.2, 0) is 4.74 Å². The normalized spacial score (nSPS) is 45.8. The van der Waals surface area contributed by atoms with E-state index in [1.807, 2.05) is 13.8 Å². The second-order valence-corrected chi connectivity index (χ2v) is 3.23. The maximum atomic E-state index is 9.38. The van der Waals surface area contributed by atoms with Crippen molar-refractivity contribution in [3.8, 4) is 0 Å². The highest BCUT2D eigenvalue weighted by atomic mass is 16.6. The van der Waals surface area contributed by atoms with E-state index in [1.165, 1.54) is 0 Å². The summed E-state index contributed by atoms with van der Waals surface area (Å²) in [6, 6.07) is 0. The van der Waals surface area contributed by atoms with Crippen LogP contribution in [0.3, 0.4) is 0 Å². The van der Waals surface area contributed by atoms with Crippen LogP contribution in [0.2, 0.25) is 0 Å². The molecule has 0 saturated carbocycles. The molecule has 2 N–H and O–H groups in total. The second kappa shape index (κ2) is 3.52. The summed E-state index contributed by atoms with van der Waals surface area (Å²) in [5.74, 6) is 0.189. The van der Waals surface area contributed by atoms with Crippen molar-refractivity contribution in [2.24, 2.45) is 5.92 Å². The maximum absolute atomic E-state index is 9.38. The quantitative estimate of drug-likeness (QED) is 0.587. The van der Waals surface area contributed by atoms with Crippen molar-refractivity contribution in [2.75, 3.05) is 0 Å². The fourth-order valence-electron chi connectivity index (χ4n) is 1.58. The van der Waals surface area contributed by atoms with Gasteiger partial charge in [-0.15, -0.1) is 0 Å². The fraction of sp³-hybridized carbons (Fsp3) is 1.00. The molecule has 1 rings (SSSR count). The Morgan fingerprint density at radius 2 is 2.09 bits per heavy atom. The molecule has 0 spiro atoms. The van der Waals surface area contributed by atoms with Gasteiger partial charge in [0.15, 0.2) is 6.29 Å². The zero-order valence-electron chi connectivity index (χ0n) is 7.03. The summed E-state index contributed by atoms with van der Waals surface area (Å²) in [4.78, 5) is 0. The highest BCUT2D eigenvalue weighted by molar-refractivity contribution is 4.77. The molecule has 1 heterocycles. The maximum Gasteiger partial charge on any atom is 0.181 e. The lowest BCUT2D eigenvalue weighted by Crippen LogP contribution is -2.43. The van der Waals surface area contributed by atoms with Crippen LogP contribution in [0, 0.1) is 5.92 Å². The lowest BCUT2D eigenvalue weighted by molar-refractivity contribution is -0.230. The Morgan fingerprint density at radius 1 is 1.45 bits per heavy atom. The Bertz CT molecular complexity index is 127. The summed E-state index contributed by atoms with van der Waals surface area (Å²) >= 11 is 0. The molecule has 1 aliphatic rings. The SMILES string of the molecule is CCC1C[C@@H](C)O[C@@H](O)C1O. The van der Waals surface area contributed by atoms with Gasteiger partial charge in [0.25, 0.3) is 0 Å². The smallest absolute Gasteiger partial charge is 0.181 e. The van der Waals surface area contributed by atoms with Gasteiger partial charge in [0.1, 0.15) is 6.10 Å². The van der Waals surface area contributed by atoms with Gasteiger partial charge in [-0.1, -0.05) is 13.3 Å². The molecule has 0 aromatic rings. The van der Waals surface area contributed by atoms with Crippen molar-refractivity contribution in [3.05, 3.63) is 0 Å². The Kier molecular flexibility index (Phi) is 2.87. The Balaban J connectivity index is 2.51. The zero-order chi connectivity index (χ0) is 8.43. The average molecular weight is 160 g/mol. The lowest BCUT2D eigenvalue weighted by atomic mass is 9.90. The molecule has 0 aliphatic carbocycles. The van der Waals surface area contributed by atoms with E-state index in [9.17, 15) is 10.2 Å². The van der Waals surface area contributed by atoms with Crippen LogP contribution in [-0.4, -0.2) is 28.7 Å². The molecular weight excluding hydrogens is 144 g/mol. The van der Waals surface area contributed by atoms with E-state index in [1.54, 1.807) is 0 Å². The highest BCUT2D eigenvalue weighted by Crippen LogP contribution is 2.26. The summed E-state index contributed by atoms with van der Waals surface area (Å²) in [6.45, 7) is 3.93. The molecule has 3 nitrogen and oxygen atoms in total. The van der Waals surface area contributed by atoms with Crippen molar-refractivity contribution >= 4 is 0 Å². The predicted molar refractivity (Wildman–Crippen MR) is 41.0 cm³/mol. The van der Waals surface area contributed by atoms with E-state index < -0.39 is 12.4 Å². The van der Waals surface area contributed by atoms with Crippen molar-refractivity contribution < 1.29 is 14.9 Å². The molecule has 0 radical (unpaired) electrons. The first-order valence-electron chi connectivity index (χ1n) is 4.16.